The van der Waals surface area contributed by atoms with Crippen molar-refractivity contribution < 1.29 is 27.5 Å². The molecule has 0 N–H and O–H groups in total. The van der Waals surface area contributed by atoms with Crippen LogP contribution in [0.5, 0.6) is 11.5 Å². The highest BCUT2D eigenvalue weighted by atomic mass is 35.5. The van der Waals surface area contributed by atoms with Crippen LogP contribution >= 0.6 is 11.6 Å². The van der Waals surface area contributed by atoms with Crippen molar-refractivity contribution in [3.8, 4) is 11.5 Å². The van der Waals surface area contributed by atoms with Gasteiger partial charge in [0.2, 0.25) is 0 Å². The molecule has 2 aromatic carbocycles. The first-order chi connectivity index (χ1) is 14.2. The van der Waals surface area contributed by atoms with Gasteiger partial charge in [-0.05, 0) is 67.1 Å². The molecule has 2 aliphatic rings. The second-order valence-corrected chi connectivity index (χ2v) is 8.31. The molecule has 158 valence electrons. The molecule has 0 heterocycles. The Bertz CT molecular complexity index is 993. The van der Waals surface area contributed by atoms with Crippen molar-refractivity contribution in [3.05, 3.63) is 58.1 Å². The highest BCUT2D eigenvalue weighted by Gasteiger charge is 2.47. The molecule has 2 bridgehead atoms. The maximum atomic E-state index is 12.9. The zero-order chi connectivity index (χ0) is 21.6. The van der Waals surface area contributed by atoms with Gasteiger partial charge in [-0.2, -0.15) is 13.2 Å². The molecular weight excluding hydrogens is 417 g/mol. The highest BCUT2D eigenvalue weighted by Crippen LogP contribution is 2.45. The summed E-state index contributed by atoms with van der Waals surface area (Å²) in [7, 11) is 0. The third-order valence-electron chi connectivity index (χ3n) is 6.10. The van der Waals surface area contributed by atoms with E-state index in [2.05, 4.69) is 0 Å². The number of benzene rings is 2. The second kappa shape index (κ2) is 7.73. The van der Waals surface area contributed by atoms with Crippen molar-refractivity contribution in [1.29, 1.82) is 0 Å². The van der Waals surface area contributed by atoms with E-state index in [0.717, 1.165) is 36.6 Å². The summed E-state index contributed by atoms with van der Waals surface area (Å²) in [5, 5.41) is -0.172. The molecule has 0 saturated heterocycles. The maximum absolute atomic E-state index is 12.9. The normalized spacial score (nSPS) is 23.7. The number of fused-ring (bicyclic) bond motifs is 2. The third-order valence-corrected chi connectivity index (χ3v) is 6.40. The zero-order valence-corrected chi connectivity index (χ0v) is 17.0. The highest BCUT2D eigenvalue weighted by molar-refractivity contribution is 6.32. The number of ketones is 2. The SMILES string of the molecule is CCc1ccc(Oc2ccc(C(F)(F)F)cc2Cl)cc1C1C(=O)[C@@H]2CC[C@@H](C2)C1=O. The van der Waals surface area contributed by atoms with E-state index in [9.17, 15) is 22.8 Å². The van der Waals surface area contributed by atoms with E-state index in [1.54, 1.807) is 18.2 Å². The molecule has 2 aromatic rings. The van der Waals surface area contributed by atoms with Crippen LogP contribution in [0.1, 0.15) is 48.8 Å². The van der Waals surface area contributed by atoms with Crippen LogP contribution in [0, 0.1) is 11.8 Å². The number of ether oxygens (including phenoxy) is 1. The Kier molecular flexibility index (Phi) is 5.39. The summed E-state index contributed by atoms with van der Waals surface area (Å²) in [6.45, 7) is 1.94. The molecular formula is C23H20ClF3O3. The van der Waals surface area contributed by atoms with Gasteiger partial charge in [0.25, 0.3) is 0 Å². The number of carbonyl (C=O) groups excluding carboxylic acids is 2. The summed E-state index contributed by atoms with van der Waals surface area (Å²) < 4.78 is 44.3. The lowest BCUT2D eigenvalue weighted by atomic mass is 9.74. The molecule has 2 fully saturated rings. The van der Waals surface area contributed by atoms with Crippen LogP contribution in [0.2, 0.25) is 5.02 Å². The van der Waals surface area contributed by atoms with Crippen molar-refractivity contribution in [2.24, 2.45) is 11.8 Å². The average molecular weight is 437 g/mol. The summed E-state index contributed by atoms with van der Waals surface area (Å²) in [5.74, 6) is -0.615. The van der Waals surface area contributed by atoms with Crippen LogP contribution in [0.4, 0.5) is 13.2 Å². The van der Waals surface area contributed by atoms with Gasteiger partial charge in [0.1, 0.15) is 17.4 Å². The molecule has 0 aliphatic heterocycles. The first-order valence-electron chi connectivity index (χ1n) is 9.94. The molecule has 30 heavy (non-hydrogen) atoms. The van der Waals surface area contributed by atoms with Crippen molar-refractivity contribution in [2.75, 3.05) is 0 Å². The number of halogens is 4. The van der Waals surface area contributed by atoms with E-state index < -0.39 is 17.7 Å². The van der Waals surface area contributed by atoms with E-state index in [4.69, 9.17) is 16.3 Å². The summed E-state index contributed by atoms with van der Waals surface area (Å²) in [6, 6.07) is 7.98. The number of rotatable bonds is 4. The fourth-order valence-electron chi connectivity index (χ4n) is 4.53. The summed E-state index contributed by atoms with van der Waals surface area (Å²) in [5.41, 5.74) is 0.647. The molecule has 0 spiro atoms. The first kappa shape index (κ1) is 20.9. The quantitative estimate of drug-likeness (QED) is 0.523. The lowest BCUT2D eigenvalue weighted by Crippen LogP contribution is -2.35. The van der Waals surface area contributed by atoms with Gasteiger partial charge >= 0.3 is 6.18 Å². The molecule has 0 amide bonds. The minimum atomic E-state index is -4.50. The topological polar surface area (TPSA) is 43.4 Å². The number of hydrogen-bond acceptors (Lipinski definition) is 3. The molecule has 1 unspecified atom stereocenters. The minimum Gasteiger partial charge on any atom is -0.456 e. The average Bonchev–Trinajstić information content (AvgIpc) is 3.15. The van der Waals surface area contributed by atoms with Gasteiger partial charge in [-0.1, -0.05) is 24.6 Å². The molecule has 2 aliphatic carbocycles. The number of hydrogen-bond donors (Lipinski definition) is 0. The Morgan fingerprint density at radius 2 is 1.70 bits per heavy atom. The van der Waals surface area contributed by atoms with Gasteiger partial charge in [-0.25, -0.2) is 0 Å². The van der Waals surface area contributed by atoms with Crippen molar-refractivity contribution in [1.82, 2.24) is 0 Å². The molecule has 0 radical (unpaired) electrons. The van der Waals surface area contributed by atoms with Crippen LogP contribution in [-0.4, -0.2) is 11.6 Å². The Morgan fingerprint density at radius 3 is 2.27 bits per heavy atom. The molecule has 3 atom stereocenters. The van der Waals surface area contributed by atoms with Gasteiger partial charge in [0.15, 0.2) is 11.6 Å². The van der Waals surface area contributed by atoms with E-state index in [-0.39, 0.29) is 34.2 Å². The van der Waals surface area contributed by atoms with Crippen molar-refractivity contribution in [3.63, 3.8) is 0 Å². The van der Waals surface area contributed by atoms with Crippen molar-refractivity contribution in [2.45, 2.75) is 44.7 Å². The van der Waals surface area contributed by atoms with E-state index in [1.165, 1.54) is 0 Å². The lowest BCUT2D eigenvalue weighted by Gasteiger charge is -2.27. The third kappa shape index (κ3) is 3.73. The van der Waals surface area contributed by atoms with Gasteiger partial charge in [-0.3, -0.25) is 9.59 Å². The number of Topliss-reactive ketones (excluding diaryl/α,β-unsaturated/α-hetero) is 2. The fraction of sp³-hybridized carbons (Fsp3) is 0.391. The fourth-order valence-corrected chi connectivity index (χ4v) is 4.75. The van der Waals surface area contributed by atoms with Crippen LogP contribution in [-0.2, 0) is 22.2 Å². The molecule has 7 heteroatoms. The van der Waals surface area contributed by atoms with Crippen LogP contribution < -0.4 is 4.74 Å². The molecule has 2 saturated carbocycles. The molecule has 4 rings (SSSR count). The first-order valence-corrected chi connectivity index (χ1v) is 10.3. The zero-order valence-electron chi connectivity index (χ0n) is 16.3. The maximum Gasteiger partial charge on any atom is 0.416 e. The second-order valence-electron chi connectivity index (χ2n) is 7.90. The van der Waals surface area contributed by atoms with Crippen molar-refractivity contribution >= 4 is 23.2 Å². The van der Waals surface area contributed by atoms with Gasteiger partial charge in [0.05, 0.1) is 10.6 Å². The van der Waals surface area contributed by atoms with Crippen LogP contribution in [0.15, 0.2) is 36.4 Å². The van der Waals surface area contributed by atoms with Gasteiger partial charge in [-0.15, -0.1) is 0 Å². The van der Waals surface area contributed by atoms with Gasteiger partial charge in [0, 0.05) is 11.8 Å². The predicted octanol–water partition coefficient (Wildman–Crippen LogP) is 6.37. The standard InChI is InChI=1S/C23H20ClF3O3/c1-2-12-5-7-16(30-19-8-6-15(10-18(19)24)23(25,26)27)11-17(12)20-21(28)13-3-4-14(9-13)22(20)29/h5-8,10-11,13-14,20H,2-4,9H2,1H3/t13-,14+,20?. The summed E-state index contributed by atoms with van der Waals surface area (Å²) in [6.07, 6.45) is -1.70. The Labute approximate surface area is 177 Å². The van der Waals surface area contributed by atoms with E-state index in [1.807, 2.05) is 6.92 Å². The lowest BCUT2D eigenvalue weighted by molar-refractivity contribution is -0.138. The Balaban J connectivity index is 1.67. The van der Waals surface area contributed by atoms with Crippen LogP contribution in [0.25, 0.3) is 0 Å². The number of aryl methyl sites for hydroxylation is 1. The Hall–Kier alpha value is -2.34. The monoisotopic (exact) mass is 436 g/mol. The van der Waals surface area contributed by atoms with E-state index >= 15 is 0 Å². The Morgan fingerprint density at radius 1 is 1.03 bits per heavy atom. The largest absolute Gasteiger partial charge is 0.456 e. The summed E-state index contributed by atoms with van der Waals surface area (Å²) >= 11 is 5.99. The van der Waals surface area contributed by atoms with Gasteiger partial charge < -0.3 is 4.74 Å². The van der Waals surface area contributed by atoms with Crippen LogP contribution in [0.3, 0.4) is 0 Å². The smallest absolute Gasteiger partial charge is 0.416 e. The minimum absolute atomic E-state index is 0.0341. The summed E-state index contributed by atoms with van der Waals surface area (Å²) in [4.78, 5) is 25.9. The molecule has 3 nitrogen and oxygen atoms in total. The van der Waals surface area contributed by atoms with E-state index in [0.29, 0.717) is 24.2 Å². The number of alkyl halides is 3. The predicted molar refractivity (Wildman–Crippen MR) is 106 cm³/mol. The molecule has 0 aromatic heterocycles. The number of carbonyl (C=O) groups is 2.